The number of anilines is 1. The van der Waals surface area contributed by atoms with Crippen molar-refractivity contribution in [2.45, 2.75) is 25.1 Å². The van der Waals surface area contributed by atoms with Gasteiger partial charge in [-0.2, -0.15) is 13.2 Å². The number of nitrogens with zero attached hydrogens (tertiary/aromatic N) is 1. The van der Waals surface area contributed by atoms with E-state index >= 15 is 0 Å². The van der Waals surface area contributed by atoms with Crippen LogP contribution >= 0.6 is 11.3 Å². The van der Waals surface area contributed by atoms with E-state index in [0.29, 0.717) is 11.3 Å². The monoisotopic (exact) mass is 252 g/mol. The summed E-state index contributed by atoms with van der Waals surface area (Å²) in [6.07, 6.45) is -2.97. The highest BCUT2D eigenvalue weighted by Crippen LogP contribution is 2.37. The maximum atomic E-state index is 12.4. The number of rotatable bonds is 3. The molecule has 2 N–H and O–H groups in total. The number of carboxylic acids is 1. The van der Waals surface area contributed by atoms with E-state index in [2.05, 4.69) is 10.3 Å². The van der Waals surface area contributed by atoms with E-state index in [0.717, 1.165) is 12.8 Å². The molecule has 16 heavy (non-hydrogen) atoms. The van der Waals surface area contributed by atoms with Crippen LogP contribution in [0.2, 0.25) is 0 Å². The van der Waals surface area contributed by atoms with Crippen LogP contribution in [0.3, 0.4) is 0 Å². The fraction of sp³-hybridized carbons (Fsp3) is 0.500. The third-order valence-corrected chi connectivity index (χ3v) is 2.97. The lowest BCUT2D eigenvalue weighted by atomic mass is 10.3. The van der Waals surface area contributed by atoms with E-state index in [1.807, 2.05) is 0 Å². The second kappa shape index (κ2) is 3.62. The number of hydrogen-bond donors (Lipinski definition) is 2. The third kappa shape index (κ3) is 2.26. The van der Waals surface area contributed by atoms with Gasteiger partial charge in [-0.25, -0.2) is 9.78 Å². The van der Waals surface area contributed by atoms with Gasteiger partial charge in [0.2, 0.25) is 0 Å². The van der Waals surface area contributed by atoms with Crippen LogP contribution < -0.4 is 5.32 Å². The molecule has 4 nitrogen and oxygen atoms in total. The minimum atomic E-state index is -4.73. The van der Waals surface area contributed by atoms with Crippen LogP contribution in [0.1, 0.15) is 28.2 Å². The molecule has 2 rings (SSSR count). The maximum Gasteiger partial charge on any atom is 0.435 e. The first kappa shape index (κ1) is 11.2. The van der Waals surface area contributed by atoms with Crippen molar-refractivity contribution < 1.29 is 23.1 Å². The topological polar surface area (TPSA) is 62.2 Å². The molecule has 1 aliphatic carbocycles. The summed E-state index contributed by atoms with van der Waals surface area (Å²) >= 11 is 0.521. The fourth-order valence-electron chi connectivity index (χ4n) is 1.12. The second-order valence-electron chi connectivity index (χ2n) is 3.42. The van der Waals surface area contributed by atoms with Crippen LogP contribution in [-0.4, -0.2) is 22.1 Å². The first-order chi connectivity index (χ1) is 7.38. The van der Waals surface area contributed by atoms with Crippen molar-refractivity contribution in [3.8, 4) is 0 Å². The zero-order valence-corrected chi connectivity index (χ0v) is 8.65. The molecular weight excluding hydrogens is 245 g/mol. The second-order valence-corrected chi connectivity index (χ2v) is 4.42. The van der Waals surface area contributed by atoms with Crippen LogP contribution in [0.15, 0.2) is 0 Å². The average molecular weight is 252 g/mol. The summed E-state index contributed by atoms with van der Waals surface area (Å²) in [4.78, 5) is 13.1. The number of aromatic nitrogens is 1. The van der Waals surface area contributed by atoms with Gasteiger partial charge in [-0.3, -0.25) is 0 Å². The molecule has 88 valence electrons. The summed E-state index contributed by atoms with van der Waals surface area (Å²) in [7, 11) is 0. The number of thiazole rings is 1. The van der Waals surface area contributed by atoms with Crippen molar-refractivity contribution in [3.63, 3.8) is 0 Å². The highest BCUT2D eigenvalue weighted by Gasteiger charge is 2.40. The molecule has 0 amide bonds. The summed E-state index contributed by atoms with van der Waals surface area (Å²) in [6.45, 7) is 0. The first-order valence-electron chi connectivity index (χ1n) is 4.46. The van der Waals surface area contributed by atoms with Crippen molar-refractivity contribution in [1.29, 1.82) is 0 Å². The number of alkyl halides is 3. The summed E-state index contributed by atoms with van der Waals surface area (Å²) in [5.41, 5.74) is -1.33. The number of aromatic carboxylic acids is 1. The van der Waals surface area contributed by atoms with Crippen LogP contribution in [0.5, 0.6) is 0 Å². The van der Waals surface area contributed by atoms with E-state index < -0.39 is 22.7 Å². The number of carboxylic acid groups (broad SMARTS) is 1. The third-order valence-electron chi connectivity index (χ3n) is 1.99. The van der Waals surface area contributed by atoms with Gasteiger partial charge in [0, 0.05) is 6.04 Å². The number of carbonyl (C=O) groups is 1. The largest absolute Gasteiger partial charge is 0.477 e. The maximum absolute atomic E-state index is 12.4. The molecule has 0 aromatic carbocycles. The Balaban J connectivity index is 2.32. The molecule has 1 aliphatic rings. The number of nitrogens with one attached hydrogen (secondary N) is 1. The van der Waals surface area contributed by atoms with Crippen molar-refractivity contribution in [2.24, 2.45) is 0 Å². The summed E-state index contributed by atoms with van der Waals surface area (Å²) < 4.78 is 37.3. The van der Waals surface area contributed by atoms with Gasteiger partial charge in [-0.05, 0) is 12.8 Å². The zero-order valence-electron chi connectivity index (χ0n) is 7.84. The fourth-order valence-corrected chi connectivity index (χ4v) is 2.02. The molecule has 0 radical (unpaired) electrons. The lowest BCUT2D eigenvalue weighted by Gasteiger charge is -2.02. The van der Waals surface area contributed by atoms with Crippen molar-refractivity contribution >= 4 is 22.4 Å². The Bertz CT molecular complexity index is 425. The Hall–Kier alpha value is -1.31. The van der Waals surface area contributed by atoms with E-state index in [1.165, 1.54) is 0 Å². The van der Waals surface area contributed by atoms with Gasteiger partial charge >= 0.3 is 12.1 Å². The van der Waals surface area contributed by atoms with E-state index in [-0.39, 0.29) is 11.2 Å². The molecule has 1 heterocycles. The van der Waals surface area contributed by atoms with E-state index in [1.54, 1.807) is 0 Å². The molecule has 0 atom stereocenters. The molecule has 0 spiro atoms. The lowest BCUT2D eigenvalue weighted by Crippen LogP contribution is -2.11. The molecule has 1 aromatic heterocycles. The van der Waals surface area contributed by atoms with Crippen LogP contribution in [-0.2, 0) is 6.18 Å². The Kier molecular flexibility index (Phi) is 2.53. The Morgan fingerprint density at radius 1 is 1.50 bits per heavy atom. The SMILES string of the molecule is O=C(O)c1sc(NC2CC2)nc1C(F)(F)F. The van der Waals surface area contributed by atoms with Gasteiger partial charge in [0.15, 0.2) is 10.8 Å². The van der Waals surface area contributed by atoms with Crippen LogP contribution in [0.25, 0.3) is 0 Å². The molecule has 0 unspecified atom stereocenters. The van der Waals surface area contributed by atoms with Crippen molar-refractivity contribution in [2.75, 3.05) is 5.32 Å². The Morgan fingerprint density at radius 3 is 2.50 bits per heavy atom. The van der Waals surface area contributed by atoms with Crippen LogP contribution in [0, 0.1) is 0 Å². The molecule has 0 saturated heterocycles. The van der Waals surface area contributed by atoms with E-state index in [4.69, 9.17) is 5.11 Å². The number of hydrogen-bond acceptors (Lipinski definition) is 4. The highest BCUT2D eigenvalue weighted by molar-refractivity contribution is 7.17. The Labute approximate surface area is 92.1 Å². The summed E-state index contributed by atoms with van der Waals surface area (Å²) in [6, 6.07) is 0.133. The van der Waals surface area contributed by atoms with Crippen molar-refractivity contribution in [3.05, 3.63) is 10.6 Å². The predicted octanol–water partition coefficient (Wildman–Crippen LogP) is 2.43. The lowest BCUT2D eigenvalue weighted by molar-refractivity contribution is -0.141. The molecule has 0 aliphatic heterocycles. The van der Waals surface area contributed by atoms with Gasteiger partial charge in [0.05, 0.1) is 0 Å². The van der Waals surface area contributed by atoms with Crippen LogP contribution in [0.4, 0.5) is 18.3 Å². The van der Waals surface area contributed by atoms with Gasteiger partial charge in [0.1, 0.15) is 4.88 Å². The first-order valence-corrected chi connectivity index (χ1v) is 5.27. The Morgan fingerprint density at radius 2 is 2.12 bits per heavy atom. The van der Waals surface area contributed by atoms with E-state index in [9.17, 15) is 18.0 Å². The molecule has 8 heteroatoms. The predicted molar refractivity (Wildman–Crippen MR) is 50.7 cm³/mol. The van der Waals surface area contributed by atoms with Gasteiger partial charge in [0.25, 0.3) is 0 Å². The summed E-state index contributed by atoms with van der Waals surface area (Å²) in [5, 5.41) is 11.4. The molecule has 1 aromatic rings. The van der Waals surface area contributed by atoms with Crippen molar-refractivity contribution in [1.82, 2.24) is 4.98 Å². The smallest absolute Gasteiger partial charge is 0.435 e. The minimum Gasteiger partial charge on any atom is -0.477 e. The molecular formula is C8H7F3N2O2S. The van der Waals surface area contributed by atoms with Gasteiger partial charge < -0.3 is 10.4 Å². The quantitative estimate of drug-likeness (QED) is 0.867. The molecule has 1 fully saturated rings. The highest BCUT2D eigenvalue weighted by atomic mass is 32.1. The standard InChI is InChI=1S/C8H7F3N2O2S/c9-8(10,11)5-4(6(14)15)16-7(13-5)12-3-1-2-3/h3H,1-2H2,(H,12,13)(H,14,15). The molecule has 1 saturated carbocycles. The number of halogens is 3. The zero-order chi connectivity index (χ0) is 11.9. The minimum absolute atomic E-state index is 0.0206. The summed E-state index contributed by atoms with van der Waals surface area (Å²) in [5.74, 6) is -1.60. The molecule has 0 bridgehead atoms. The van der Waals surface area contributed by atoms with Gasteiger partial charge in [-0.15, -0.1) is 0 Å². The average Bonchev–Trinajstić information content (AvgIpc) is 2.79. The van der Waals surface area contributed by atoms with Gasteiger partial charge in [-0.1, -0.05) is 11.3 Å². The normalized spacial score (nSPS) is 16.2.